The summed E-state index contributed by atoms with van der Waals surface area (Å²) >= 11 is 0. The highest BCUT2D eigenvalue weighted by Gasteiger charge is 2.17. The second-order valence-electron chi connectivity index (χ2n) is 5.15. The molecule has 1 aliphatic rings. The molecule has 3 heteroatoms. The number of morpholine rings is 1. The highest BCUT2D eigenvalue weighted by Crippen LogP contribution is 2.08. The van der Waals surface area contributed by atoms with E-state index in [0.717, 1.165) is 45.1 Å². The lowest BCUT2D eigenvalue weighted by atomic mass is 10.2. The van der Waals surface area contributed by atoms with Gasteiger partial charge in [-0.3, -0.25) is 4.90 Å². The fraction of sp³-hybridized carbons (Fsp3) is 1.00. The molecule has 0 aliphatic carbocycles. The van der Waals surface area contributed by atoms with Crippen LogP contribution in [0.4, 0.5) is 0 Å². The van der Waals surface area contributed by atoms with Gasteiger partial charge in [-0.1, -0.05) is 20.8 Å². The molecule has 1 unspecified atom stereocenters. The van der Waals surface area contributed by atoms with E-state index >= 15 is 0 Å². The van der Waals surface area contributed by atoms with Crippen molar-refractivity contribution in [3.05, 3.63) is 0 Å². The number of ether oxygens (including phenoxy) is 1. The number of nitrogens with one attached hydrogen (secondary N) is 1. The van der Waals surface area contributed by atoms with Gasteiger partial charge in [0.2, 0.25) is 0 Å². The smallest absolute Gasteiger partial charge is 0.0700 e. The number of hydrogen-bond donors (Lipinski definition) is 1. The molecule has 1 saturated heterocycles. The van der Waals surface area contributed by atoms with Crippen LogP contribution in [0.1, 0.15) is 33.6 Å². The maximum atomic E-state index is 5.66. The van der Waals surface area contributed by atoms with Crippen molar-refractivity contribution in [1.82, 2.24) is 10.2 Å². The van der Waals surface area contributed by atoms with E-state index in [-0.39, 0.29) is 0 Å². The summed E-state index contributed by atoms with van der Waals surface area (Å²) in [7, 11) is 0. The van der Waals surface area contributed by atoms with Crippen LogP contribution in [0.5, 0.6) is 0 Å². The second-order valence-corrected chi connectivity index (χ2v) is 5.15. The highest BCUT2D eigenvalue weighted by atomic mass is 16.5. The van der Waals surface area contributed by atoms with Crippen LogP contribution in [-0.4, -0.2) is 50.3 Å². The Bertz CT molecular complexity index is 173. The fourth-order valence-corrected chi connectivity index (χ4v) is 2.05. The third-order valence-corrected chi connectivity index (χ3v) is 3.06. The summed E-state index contributed by atoms with van der Waals surface area (Å²) in [6.07, 6.45) is 2.86. The van der Waals surface area contributed by atoms with E-state index in [4.69, 9.17) is 4.74 Å². The van der Waals surface area contributed by atoms with Crippen molar-refractivity contribution < 1.29 is 4.74 Å². The van der Waals surface area contributed by atoms with Gasteiger partial charge in [-0.2, -0.15) is 0 Å². The van der Waals surface area contributed by atoms with E-state index in [9.17, 15) is 0 Å². The van der Waals surface area contributed by atoms with Gasteiger partial charge in [-0.05, 0) is 38.4 Å². The largest absolute Gasteiger partial charge is 0.376 e. The van der Waals surface area contributed by atoms with Crippen molar-refractivity contribution >= 4 is 0 Å². The lowest BCUT2D eigenvalue weighted by Gasteiger charge is -2.32. The van der Waals surface area contributed by atoms with E-state index in [1.54, 1.807) is 0 Å². The van der Waals surface area contributed by atoms with Gasteiger partial charge in [-0.15, -0.1) is 0 Å². The summed E-state index contributed by atoms with van der Waals surface area (Å²) in [6, 6.07) is 0. The minimum Gasteiger partial charge on any atom is -0.376 e. The summed E-state index contributed by atoms with van der Waals surface area (Å²) in [5, 5.41) is 3.49. The van der Waals surface area contributed by atoms with Crippen LogP contribution in [-0.2, 0) is 4.74 Å². The molecule has 0 radical (unpaired) electrons. The molecule has 16 heavy (non-hydrogen) atoms. The topological polar surface area (TPSA) is 24.5 Å². The predicted molar refractivity (Wildman–Crippen MR) is 68.8 cm³/mol. The van der Waals surface area contributed by atoms with Gasteiger partial charge >= 0.3 is 0 Å². The van der Waals surface area contributed by atoms with Gasteiger partial charge in [0.05, 0.1) is 12.7 Å². The molecule has 1 heterocycles. The maximum Gasteiger partial charge on any atom is 0.0700 e. The molecule has 0 bridgehead atoms. The predicted octanol–water partition coefficient (Wildman–Crippen LogP) is 1.73. The summed E-state index contributed by atoms with van der Waals surface area (Å²) in [4.78, 5) is 2.54. The zero-order valence-electron chi connectivity index (χ0n) is 11.2. The fourth-order valence-electron chi connectivity index (χ4n) is 2.05. The molecule has 0 amide bonds. The van der Waals surface area contributed by atoms with Gasteiger partial charge in [0.1, 0.15) is 0 Å². The zero-order chi connectivity index (χ0) is 11.8. The molecule has 0 spiro atoms. The lowest BCUT2D eigenvalue weighted by Crippen LogP contribution is -2.43. The SMILES string of the molecule is CCC1CN(CCCNCC(C)C)CCO1. The van der Waals surface area contributed by atoms with Crippen molar-refractivity contribution in [2.45, 2.75) is 39.7 Å². The van der Waals surface area contributed by atoms with Gasteiger partial charge in [-0.25, -0.2) is 0 Å². The van der Waals surface area contributed by atoms with Crippen LogP contribution in [0, 0.1) is 5.92 Å². The van der Waals surface area contributed by atoms with Gasteiger partial charge in [0.25, 0.3) is 0 Å². The third-order valence-electron chi connectivity index (χ3n) is 3.06. The first-order valence-corrected chi connectivity index (χ1v) is 6.77. The molecule has 1 rings (SSSR count). The Morgan fingerprint density at radius 2 is 2.25 bits per heavy atom. The van der Waals surface area contributed by atoms with Gasteiger partial charge in [0.15, 0.2) is 0 Å². The summed E-state index contributed by atoms with van der Waals surface area (Å²) in [5.74, 6) is 0.757. The van der Waals surface area contributed by atoms with Crippen LogP contribution in [0.2, 0.25) is 0 Å². The van der Waals surface area contributed by atoms with Crippen LogP contribution >= 0.6 is 0 Å². The summed E-state index contributed by atoms with van der Waals surface area (Å²) < 4.78 is 5.66. The van der Waals surface area contributed by atoms with E-state index in [1.807, 2.05) is 0 Å². The third kappa shape index (κ3) is 5.83. The number of hydrogen-bond acceptors (Lipinski definition) is 3. The van der Waals surface area contributed by atoms with Crippen molar-refractivity contribution in [2.24, 2.45) is 5.92 Å². The van der Waals surface area contributed by atoms with Crippen LogP contribution in [0.25, 0.3) is 0 Å². The lowest BCUT2D eigenvalue weighted by molar-refractivity contribution is -0.0297. The molecule has 0 aromatic heterocycles. The average Bonchev–Trinajstić information content (AvgIpc) is 2.28. The van der Waals surface area contributed by atoms with E-state index in [0.29, 0.717) is 6.10 Å². The molecule has 3 nitrogen and oxygen atoms in total. The minimum atomic E-state index is 0.470. The summed E-state index contributed by atoms with van der Waals surface area (Å²) in [6.45, 7) is 13.4. The monoisotopic (exact) mass is 228 g/mol. The first-order chi connectivity index (χ1) is 7.72. The van der Waals surface area contributed by atoms with Crippen LogP contribution in [0.3, 0.4) is 0 Å². The van der Waals surface area contributed by atoms with Crippen molar-refractivity contribution in [1.29, 1.82) is 0 Å². The van der Waals surface area contributed by atoms with Gasteiger partial charge in [0, 0.05) is 13.1 Å². The molecule has 1 aliphatic heterocycles. The highest BCUT2D eigenvalue weighted by molar-refractivity contribution is 4.70. The van der Waals surface area contributed by atoms with E-state index in [2.05, 4.69) is 31.0 Å². The van der Waals surface area contributed by atoms with Crippen LogP contribution in [0.15, 0.2) is 0 Å². The number of nitrogens with zero attached hydrogens (tertiary/aromatic N) is 1. The van der Waals surface area contributed by atoms with E-state index < -0.39 is 0 Å². The normalized spacial score (nSPS) is 22.9. The maximum absolute atomic E-state index is 5.66. The van der Waals surface area contributed by atoms with Gasteiger partial charge < -0.3 is 10.1 Å². The Balaban J connectivity index is 1.99. The molecule has 0 aromatic carbocycles. The Morgan fingerprint density at radius 3 is 2.94 bits per heavy atom. The zero-order valence-corrected chi connectivity index (χ0v) is 11.2. The molecule has 1 N–H and O–H groups in total. The summed E-state index contributed by atoms with van der Waals surface area (Å²) in [5.41, 5.74) is 0. The quantitative estimate of drug-likeness (QED) is 0.672. The first kappa shape index (κ1) is 13.9. The molecular weight excluding hydrogens is 200 g/mol. The van der Waals surface area contributed by atoms with Crippen molar-refractivity contribution in [3.63, 3.8) is 0 Å². The Labute approximate surface area is 101 Å². The Kier molecular flexibility index (Phi) is 7.01. The molecule has 1 fully saturated rings. The molecular formula is C13H28N2O. The second kappa shape index (κ2) is 8.04. The Morgan fingerprint density at radius 1 is 1.44 bits per heavy atom. The standard InChI is InChI=1S/C13H28N2O/c1-4-13-11-15(8-9-16-13)7-5-6-14-10-12(2)3/h12-14H,4-11H2,1-3H3. The molecule has 0 saturated carbocycles. The molecule has 96 valence electrons. The van der Waals surface area contributed by atoms with Crippen LogP contribution < -0.4 is 5.32 Å². The number of rotatable bonds is 7. The minimum absolute atomic E-state index is 0.470. The van der Waals surface area contributed by atoms with E-state index in [1.165, 1.54) is 13.0 Å². The molecule has 0 aromatic rings. The van der Waals surface area contributed by atoms with Crippen molar-refractivity contribution in [3.8, 4) is 0 Å². The average molecular weight is 228 g/mol. The first-order valence-electron chi connectivity index (χ1n) is 6.77. The Hall–Kier alpha value is -0.120. The molecule has 1 atom stereocenters. The van der Waals surface area contributed by atoms with Crippen molar-refractivity contribution in [2.75, 3.05) is 39.3 Å².